The van der Waals surface area contributed by atoms with Crippen molar-refractivity contribution in [3.05, 3.63) is 64.6 Å². The summed E-state index contributed by atoms with van der Waals surface area (Å²) in [6.07, 6.45) is -6.73. The van der Waals surface area contributed by atoms with Crippen molar-refractivity contribution in [3.63, 3.8) is 0 Å². The molecule has 0 saturated heterocycles. The van der Waals surface area contributed by atoms with Crippen LogP contribution in [-0.2, 0) is 35.2 Å². The largest absolute Gasteiger partial charge is 0.449 e. The minimum Gasteiger partial charge on any atom is -0.449 e. The van der Waals surface area contributed by atoms with Crippen LogP contribution in [0.2, 0.25) is 0 Å². The Morgan fingerprint density at radius 3 is 2.36 bits per heavy atom. The van der Waals surface area contributed by atoms with Gasteiger partial charge in [-0.2, -0.15) is 13.2 Å². The summed E-state index contributed by atoms with van der Waals surface area (Å²) in [5.41, 5.74) is -1.50. The van der Waals surface area contributed by atoms with Gasteiger partial charge in [0.2, 0.25) is 11.7 Å². The van der Waals surface area contributed by atoms with Gasteiger partial charge in [-0.15, -0.1) is 0 Å². The van der Waals surface area contributed by atoms with Crippen molar-refractivity contribution in [3.8, 4) is 11.5 Å². The van der Waals surface area contributed by atoms with E-state index in [1.54, 1.807) is 20.8 Å². The first-order valence-electron chi connectivity index (χ1n) is 13.4. The average Bonchev–Trinajstić information content (AvgIpc) is 3.55. The van der Waals surface area contributed by atoms with Crippen molar-refractivity contribution in [2.45, 2.75) is 64.5 Å². The van der Waals surface area contributed by atoms with Crippen LogP contribution in [0.5, 0.6) is 0 Å². The van der Waals surface area contributed by atoms with Crippen molar-refractivity contribution >= 4 is 17.9 Å². The van der Waals surface area contributed by atoms with Crippen LogP contribution in [0.25, 0.3) is 11.5 Å². The van der Waals surface area contributed by atoms with Gasteiger partial charge < -0.3 is 29.3 Å². The maximum absolute atomic E-state index is 14.5. The van der Waals surface area contributed by atoms with Crippen LogP contribution in [0.3, 0.4) is 0 Å². The lowest BCUT2D eigenvalue weighted by Crippen LogP contribution is -2.45. The smallest absolute Gasteiger partial charge is 0.449 e. The number of carbonyl (C=O) groups is 3. The lowest BCUT2D eigenvalue weighted by molar-refractivity contribution is -0.148. The third-order valence-corrected chi connectivity index (χ3v) is 6.60. The Morgan fingerprint density at radius 2 is 1.73 bits per heavy atom. The molecule has 0 spiro atoms. The van der Waals surface area contributed by atoms with E-state index in [9.17, 15) is 40.7 Å². The predicted molar refractivity (Wildman–Crippen MR) is 142 cm³/mol. The molecule has 1 aliphatic heterocycles. The lowest BCUT2D eigenvalue weighted by Gasteiger charge is -2.31. The minimum atomic E-state index is -4.84. The molecule has 0 fully saturated rings. The predicted octanol–water partition coefficient (Wildman–Crippen LogP) is 4.81. The van der Waals surface area contributed by atoms with Gasteiger partial charge in [-0.1, -0.05) is 0 Å². The van der Waals surface area contributed by atoms with Gasteiger partial charge in [-0.3, -0.25) is 9.59 Å². The zero-order chi connectivity index (χ0) is 32.6. The molecule has 1 atom stereocenters. The highest BCUT2D eigenvalue weighted by Gasteiger charge is 2.41. The number of halogens is 6. The summed E-state index contributed by atoms with van der Waals surface area (Å²) < 4.78 is 95.0. The van der Waals surface area contributed by atoms with E-state index in [1.807, 2.05) is 0 Å². The number of amides is 3. The van der Waals surface area contributed by atoms with Crippen LogP contribution in [0.1, 0.15) is 54.8 Å². The van der Waals surface area contributed by atoms with Crippen molar-refractivity contribution in [2.75, 3.05) is 13.6 Å². The van der Waals surface area contributed by atoms with Gasteiger partial charge in [0.15, 0.2) is 23.2 Å². The lowest BCUT2D eigenvalue weighted by atomic mass is 10.0. The van der Waals surface area contributed by atoms with Crippen LogP contribution in [0.4, 0.5) is 31.1 Å². The topological polar surface area (TPSA) is 119 Å². The first-order valence-corrected chi connectivity index (χ1v) is 13.4. The summed E-state index contributed by atoms with van der Waals surface area (Å²) in [4.78, 5) is 42.8. The Balaban J connectivity index is 1.61. The molecule has 0 bridgehead atoms. The highest BCUT2D eigenvalue weighted by molar-refractivity contribution is 5.91. The van der Waals surface area contributed by atoms with Gasteiger partial charge in [0.1, 0.15) is 17.1 Å². The van der Waals surface area contributed by atoms with Crippen molar-refractivity contribution < 1.29 is 49.9 Å². The fraction of sp³-hybridized carbons (Fsp3) is 0.429. The number of imidazole rings is 1. The van der Waals surface area contributed by atoms with E-state index in [4.69, 9.17) is 9.15 Å². The Hall–Kier alpha value is -4.50. The summed E-state index contributed by atoms with van der Waals surface area (Å²) in [5.74, 6) is -6.63. The second-order valence-corrected chi connectivity index (χ2v) is 11.0. The van der Waals surface area contributed by atoms with E-state index in [2.05, 4.69) is 15.6 Å². The quantitative estimate of drug-likeness (QED) is 0.286. The van der Waals surface area contributed by atoms with Crippen LogP contribution in [0, 0.1) is 17.5 Å². The van der Waals surface area contributed by atoms with Gasteiger partial charge in [-0.05, 0) is 51.0 Å². The number of alkyl halides is 3. The number of aromatic nitrogens is 2. The molecule has 16 heteroatoms. The average molecular weight is 630 g/mol. The first-order chi connectivity index (χ1) is 20.5. The summed E-state index contributed by atoms with van der Waals surface area (Å²) in [5, 5.41) is 4.78. The fourth-order valence-corrected chi connectivity index (χ4v) is 4.68. The van der Waals surface area contributed by atoms with Crippen molar-refractivity contribution in [1.82, 2.24) is 25.1 Å². The standard InChI is InChI=1S/C28H29F6N5O5/c1-27(2,3)44-26(42)36-15(9-14-10-17(30)18(31)12-16(14)29)11-22(40)38-7-8-39-19(13-38)23(37-25(39)28(32,33)34)20-5-6-21(43-20)24(41)35-4/h5-6,10,12,15H,7-9,11,13H2,1-4H3,(H,35,41)(H,36,42). The minimum absolute atomic E-state index is 0.0157. The zero-order valence-corrected chi connectivity index (χ0v) is 24.1. The molecule has 3 heterocycles. The first kappa shape index (κ1) is 32.4. The van der Waals surface area contributed by atoms with Crippen LogP contribution in [0.15, 0.2) is 28.7 Å². The molecular formula is C28H29F6N5O5. The van der Waals surface area contributed by atoms with Gasteiger partial charge in [0, 0.05) is 38.7 Å². The number of ether oxygens (including phenoxy) is 1. The molecule has 1 unspecified atom stereocenters. The fourth-order valence-electron chi connectivity index (χ4n) is 4.68. The Labute approximate surface area is 247 Å². The van der Waals surface area contributed by atoms with Gasteiger partial charge in [0.25, 0.3) is 5.91 Å². The normalized spacial score (nSPS) is 14.2. The van der Waals surface area contributed by atoms with E-state index in [-0.39, 0.29) is 48.1 Å². The maximum atomic E-state index is 14.5. The Bertz CT molecular complexity index is 1580. The molecule has 0 saturated carbocycles. The monoisotopic (exact) mass is 629 g/mol. The highest BCUT2D eigenvalue weighted by Crippen LogP contribution is 2.36. The number of furan rings is 1. The molecule has 238 valence electrons. The van der Waals surface area contributed by atoms with Crippen LogP contribution in [-0.4, -0.2) is 57.6 Å². The Morgan fingerprint density at radius 1 is 1.05 bits per heavy atom. The Kier molecular flexibility index (Phi) is 9.02. The number of carbonyl (C=O) groups excluding carboxylic acids is 3. The van der Waals surface area contributed by atoms with Crippen LogP contribution < -0.4 is 10.6 Å². The molecule has 0 radical (unpaired) electrons. The molecule has 1 aromatic carbocycles. The number of rotatable bonds is 7. The van der Waals surface area contributed by atoms with Crippen LogP contribution >= 0.6 is 0 Å². The number of hydrogen-bond acceptors (Lipinski definition) is 6. The van der Waals surface area contributed by atoms with E-state index in [1.165, 1.54) is 24.1 Å². The SMILES string of the molecule is CNC(=O)c1ccc(-c2nc(C(F)(F)F)n3c2CN(C(=O)CC(Cc2cc(F)c(F)cc2F)NC(=O)OC(C)(C)C)CC3)o1. The van der Waals surface area contributed by atoms with E-state index < -0.39 is 71.8 Å². The molecular weight excluding hydrogens is 600 g/mol. The van der Waals surface area contributed by atoms with Gasteiger partial charge in [-0.25, -0.2) is 22.9 Å². The van der Waals surface area contributed by atoms with Crippen molar-refractivity contribution in [1.29, 1.82) is 0 Å². The van der Waals surface area contributed by atoms with E-state index in [0.717, 1.165) is 4.57 Å². The summed E-state index contributed by atoms with van der Waals surface area (Å²) >= 11 is 0. The summed E-state index contributed by atoms with van der Waals surface area (Å²) in [6.45, 7) is 3.93. The molecule has 44 heavy (non-hydrogen) atoms. The molecule has 0 aliphatic carbocycles. The number of fused-ring (bicyclic) bond motifs is 1. The molecule has 10 nitrogen and oxygen atoms in total. The number of nitrogens with zero attached hydrogens (tertiary/aromatic N) is 3. The summed E-state index contributed by atoms with van der Waals surface area (Å²) in [7, 11) is 1.35. The number of hydrogen-bond donors (Lipinski definition) is 2. The molecule has 2 N–H and O–H groups in total. The third kappa shape index (κ3) is 7.34. The molecule has 4 rings (SSSR count). The summed E-state index contributed by atoms with van der Waals surface area (Å²) in [6, 6.07) is 2.33. The van der Waals surface area contributed by atoms with Gasteiger partial charge in [0.05, 0.1) is 12.2 Å². The number of benzene rings is 1. The van der Waals surface area contributed by atoms with E-state index >= 15 is 0 Å². The third-order valence-electron chi connectivity index (χ3n) is 6.60. The molecule has 1 aliphatic rings. The molecule has 2 aromatic heterocycles. The zero-order valence-electron chi connectivity index (χ0n) is 24.1. The molecule has 3 amide bonds. The number of nitrogens with one attached hydrogen (secondary N) is 2. The van der Waals surface area contributed by atoms with Crippen molar-refractivity contribution in [2.24, 2.45) is 0 Å². The molecule has 3 aromatic rings. The highest BCUT2D eigenvalue weighted by atomic mass is 19.4. The maximum Gasteiger partial charge on any atom is 0.449 e. The second kappa shape index (κ2) is 12.2. The second-order valence-electron chi connectivity index (χ2n) is 11.0. The number of alkyl carbamates (subject to hydrolysis) is 1. The van der Waals surface area contributed by atoms with Gasteiger partial charge >= 0.3 is 12.3 Å². The van der Waals surface area contributed by atoms with E-state index in [0.29, 0.717) is 12.1 Å².